The van der Waals surface area contributed by atoms with Crippen LogP contribution in [0.3, 0.4) is 0 Å². The van der Waals surface area contributed by atoms with Crippen molar-refractivity contribution in [3.63, 3.8) is 0 Å². The van der Waals surface area contributed by atoms with Crippen LogP contribution in [0.2, 0.25) is 0 Å². The third kappa shape index (κ3) is 3.70. The number of piperidine rings is 1. The molecule has 0 spiro atoms. The Hall–Kier alpha value is -3.48. The SMILES string of the molecule is CCC(NC(=O)c1ccc2c(c1)CN(C1CCC(=O)NC1=O)C2=O)c1ccccc1. The lowest BCUT2D eigenvalue weighted by Gasteiger charge is -2.29. The van der Waals surface area contributed by atoms with Crippen LogP contribution in [0.5, 0.6) is 0 Å². The molecule has 154 valence electrons. The van der Waals surface area contributed by atoms with Crippen LogP contribution in [0.15, 0.2) is 48.5 Å². The number of carbonyl (C=O) groups excluding carboxylic acids is 4. The number of carbonyl (C=O) groups is 4. The number of amides is 4. The Morgan fingerprint density at radius 1 is 1.17 bits per heavy atom. The van der Waals surface area contributed by atoms with E-state index in [9.17, 15) is 19.2 Å². The molecule has 4 amide bonds. The second-order valence-corrected chi connectivity index (χ2v) is 7.62. The maximum absolute atomic E-state index is 12.8. The van der Waals surface area contributed by atoms with Crippen molar-refractivity contribution >= 4 is 23.6 Å². The van der Waals surface area contributed by atoms with E-state index in [4.69, 9.17) is 0 Å². The van der Waals surface area contributed by atoms with Gasteiger partial charge in [0.05, 0.1) is 6.04 Å². The third-order valence-corrected chi connectivity index (χ3v) is 5.70. The molecule has 0 bridgehead atoms. The molecule has 7 nitrogen and oxygen atoms in total. The van der Waals surface area contributed by atoms with Gasteiger partial charge in [-0.15, -0.1) is 0 Å². The molecule has 1 fully saturated rings. The molecule has 2 N–H and O–H groups in total. The van der Waals surface area contributed by atoms with Crippen molar-refractivity contribution in [2.45, 2.75) is 44.8 Å². The first-order chi connectivity index (χ1) is 14.5. The molecule has 0 saturated carbocycles. The first-order valence-electron chi connectivity index (χ1n) is 10.1. The van der Waals surface area contributed by atoms with Crippen LogP contribution in [0.1, 0.15) is 64.1 Å². The normalized spacial score (nSPS) is 19.3. The standard InChI is InChI=1S/C23H23N3O4/c1-2-18(14-6-4-3-5-7-14)24-21(28)15-8-9-17-16(12-15)13-26(23(17)30)19-10-11-20(27)25-22(19)29/h3-9,12,18-19H,2,10-11,13H2,1H3,(H,24,28)(H,25,27,29). The Morgan fingerprint density at radius 3 is 2.63 bits per heavy atom. The van der Waals surface area contributed by atoms with Crippen molar-refractivity contribution in [3.8, 4) is 0 Å². The van der Waals surface area contributed by atoms with E-state index in [1.165, 1.54) is 4.90 Å². The molecule has 7 heteroatoms. The molecule has 1 saturated heterocycles. The molecule has 2 atom stereocenters. The van der Waals surface area contributed by atoms with Gasteiger partial charge >= 0.3 is 0 Å². The fourth-order valence-electron chi connectivity index (χ4n) is 4.06. The maximum Gasteiger partial charge on any atom is 0.255 e. The van der Waals surface area contributed by atoms with Gasteiger partial charge in [0.2, 0.25) is 11.8 Å². The van der Waals surface area contributed by atoms with E-state index in [2.05, 4.69) is 10.6 Å². The predicted octanol–water partition coefficient (Wildman–Crippen LogP) is 2.33. The average molecular weight is 405 g/mol. The summed E-state index contributed by atoms with van der Waals surface area (Å²) in [5.74, 6) is -1.22. The summed E-state index contributed by atoms with van der Waals surface area (Å²) in [5, 5.41) is 5.34. The predicted molar refractivity (Wildman–Crippen MR) is 109 cm³/mol. The molecular weight excluding hydrogens is 382 g/mol. The lowest BCUT2D eigenvalue weighted by Crippen LogP contribution is -2.52. The number of nitrogens with one attached hydrogen (secondary N) is 2. The Kier molecular flexibility index (Phi) is 5.35. The molecule has 2 aromatic carbocycles. The van der Waals surface area contributed by atoms with Crippen LogP contribution in [-0.2, 0) is 16.1 Å². The highest BCUT2D eigenvalue weighted by molar-refractivity contribution is 6.06. The second kappa shape index (κ2) is 8.10. The van der Waals surface area contributed by atoms with Gasteiger partial charge in [-0.1, -0.05) is 37.3 Å². The number of hydrogen-bond donors (Lipinski definition) is 2. The maximum atomic E-state index is 12.8. The molecule has 30 heavy (non-hydrogen) atoms. The zero-order valence-electron chi connectivity index (χ0n) is 16.7. The van der Waals surface area contributed by atoms with Crippen molar-refractivity contribution in [1.82, 2.24) is 15.5 Å². The van der Waals surface area contributed by atoms with Gasteiger partial charge < -0.3 is 10.2 Å². The molecule has 0 aliphatic carbocycles. The summed E-state index contributed by atoms with van der Waals surface area (Å²) in [6, 6.07) is 14.0. The van der Waals surface area contributed by atoms with Gasteiger partial charge in [-0.05, 0) is 42.2 Å². The van der Waals surface area contributed by atoms with Gasteiger partial charge in [0.15, 0.2) is 0 Å². The molecule has 2 aromatic rings. The van der Waals surface area contributed by atoms with Crippen molar-refractivity contribution in [3.05, 3.63) is 70.8 Å². The van der Waals surface area contributed by atoms with Gasteiger partial charge in [0.25, 0.3) is 11.8 Å². The van der Waals surface area contributed by atoms with Crippen LogP contribution in [-0.4, -0.2) is 34.6 Å². The largest absolute Gasteiger partial charge is 0.345 e. The van der Waals surface area contributed by atoms with Crippen molar-refractivity contribution in [1.29, 1.82) is 0 Å². The summed E-state index contributed by atoms with van der Waals surface area (Å²) in [7, 11) is 0. The van der Waals surface area contributed by atoms with Gasteiger partial charge in [-0.3, -0.25) is 24.5 Å². The van der Waals surface area contributed by atoms with Gasteiger partial charge in [-0.2, -0.15) is 0 Å². The highest BCUT2D eigenvalue weighted by Crippen LogP contribution is 2.28. The van der Waals surface area contributed by atoms with Crippen molar-refractivity contribution in [2.24, 2.45) is 0 Å². The monoisotopic (exact) mass is 405 g/mol. The smallest absolute Gasteiger partial charge is 0.255 e. The first kappa shape index (κ1) is 19.8. The van der Waals surface area contributed by atoms with Crippen molar-refractivity contribution < 1.29 is 19.2 Å². The number of imide groups is 1. The molecule has 0 radical (unpaired) electrons. The fraction of sp³-hybridized carbons (Fsp3) is 0.304. The summed E-state index contributed by atoms with van der Waals surface area (Å²) in [4.78, 5) is 50.6. The minimum atomic E-state index is -0.664. The zero-order valence-corrected chi connectivity index (χ0v) is 16.7. The van der Waals surface area contributed by atoms with Crippen LogP contribution in [0, 0.1) is 0 Å². The number of rotatable bonds is 5. The quantitative estimate of drug-likeness (QED) is 0.747. The average Bonchev–Trinajstić information content (AvgIpc) is 3.08. The molecule has 2 aliphatic rings. The summed E-state index contributed by atoms with van der Waals surface area (Å²) in [6.07, 6.45) is 1.28. The van der Waals surface area contributed by atoms with Crippen molar-refractivity contribution in [2.75, 3.05) is 0 Å². The summed E-state index contributed by atoms with van der Waals surface area (Å²) in [5.41, 5.74) is 2.71. The molecule has 0 aromatic heterocycles. The molecule has 2 unspecified atom stereocenters. The number of fused-ring (bicyclic) bond motifs is 1. The lowest BCUT2D eigenvalue weighted by molar-refractivity contribution is -0.136. The second-order valence-electron chi connectivity index (χ2n) is 7.62. The fourth-order valence-corrected chi connectivity index (χ4v) is 4.06. The minimum Gasteiger partial charge on any atom is -0.345 e. The van der Waals surface area contributed by atoms with Crippen LogP contribution in [0.25, 0.3) is 0 Å². The highest BCUT2D eigenvalue weighted by atomic mass is 16.2. The molecule has 2 aliphatic heterocycles. The minimum absolute atomic E-state index is 0.103. The van der Waals surface area contributed by atoms with E-state index in [-0.39, 0.29) is 36.7 Å². The summed E-state index contributed by atoms with van der Waals surface area (Å²) < 4.78 is 0. The highest BCUT2D eigenvalue weighted by Gasteiger charge is 2.39. The van der Waals surface area contributed by atoms with E-state index in [1.807, 2.05) is 37.3 Å². The number of nitrogens with zero attached hydrogens (tertiary/aromatic N) is 1. The van der Waals surface area contributed by atoms with E-state index in [0.717, 1.165) is 12.0 Å². The van der Waals surface area contributed by atoms with Gasteiger partial charge in [0.1, 0.15) is 6.04 Å². The number of hydrogen-bond acceptors (Lipinski definition) is 4. The topological polar surface area (TPSA) is 95.6 Å². The third-order valence-electron chi connectivity index (χ3n) is 5.70. The van der Waals surface area contributed by atoms with E-state index in [1.54, 1.807) is 18.2 Å². The summed E-state index contributed by atoms with van der Waals surface area (Å²) >= 11 is 0. The van der Waals surface area contributed by atoms with Gasteiger partial charge in [0, 0.05) is 24.1 Å². The number of benzene rings is 2. The first-order valence-corrected chi connectivity index (χ1v) is 10.1. The lowest BCUT2D eigenvalue weighted by atomic mass is 10.0. The Morgan fingerprint density at radius 2 is 1.93 bits per heavy atom. The van der Waals surface area contributed by atoms with Crippen LogP contribution in [0.4, 0.5) is 0 Å². The van der Waals surface area contributed by atoms with Crippen LogP contribution >= 0.6 is 0 Å². The van der Waals surface area contributed by atoms with E-state index >= 15 is 0 Å². The molecule has 4 rings (SSSR count). The summed E-state index contributed by atoms with van der Waals surface area (Å²) in [6.45, 7) is 2.26. The van der Waals surface area contributed by atoms with E-state index in [0.29, 0.717) is 23.1 Å². The van der Waals surface area contributed by atoms with E-state index < -0.39 is 11.9 Å². The Bertz CT molecular complexity index is 1020. The molecule has 2 heterocycles. The van der Waals surface area contributed by atoms with Gasteiger partial charge in [-0.25, -0.2) is 0 Å². The Labute approximate surface area is 174 Å². The van der Waals surface area contributed by atoms with Crippen LogP contribution < -0.4 is 10.6 Å². The Balaban J connectivity index is 1.50. The molecular formula is C23H23N3O4. The zero-order chi connectivity index (χ0) is 21.3.